The van der Waals surface area contributed by atoms with Gasteiger partial charge < -0.3 is 5.21 Å². The van der Waals surface area contributed by atoms with Gasteiger partial charge in [0.2, 0.25) is 0 Å². The van der Waals surface area contributed by atoms with E-state index in [2.05, 4.69) is 0 Å². The van der Waals surface area contributed by atoms with Gasteiger partial charge in [-0.15, -0.1) is 10.1 Å². The first kappa shape index (κ1) is 8.85. The van der Waals surface area contributed by atoms with Crippen molar-refractivity contribution in [2.45, 2.75) is 0 Å². The Morgan fingerprint density at radius 1 is 1.80 bits per heavy atom. The van der Waals surface area contributed by atoms with E-state index in [4.69, 9.17) is 15.3 Å². The smallest absolute Gasteiger partial charge is 0.328 e. The van der Waals surface area contributed by atoms with E-state index in [1.807, 2.05) is 0 Å². The van der Waals surface area contributed by atoms with Crippen molar-refractivity contribution in [1.82, 2.24) is 0 Å². The quantitative estimate of drug-likeness (QED) is 0.471. The average molecular weight is 249 g/mol. The molecule has 0 aromatic heterocycles. The number of hydrogen-bond acceptors (Lipinski definition) is 2. The molecule has 0 aliphatic rings. The van der Waals surface area contributed by atoms with E-state index in [1.165, 1.54) is 0 Å². The molecule has 0 aliphatic heterocycles. The average Bonchev–Trinajstić information content (AvgIpc) is 0.811. The summed E-state index contributed by atoms with van der Waals surface area (Å²) in [7, 11) is 0. The van der Waals surface area contributed by atoms with Gasteiger partial charge in [-0.25, -0.2) is 0 Å². The minimum atomic E-state index is -1.50. The topological polar surface area (TPSA) is 63.4 Å². The first-order valence-corrected chi connectivity index (χ1v) is 0.565. The van der Waals surface area contributed by atoms with E-state index >= 15 is 0 Å². The van der Waals surface area contributed by atoms with Crippen LogP contribution in [0.3, 0.4) is 0 Å². The van der Waals surface area contributed by atoms with Crippen LogP contribution in [0.2, 0.25) is 0 Å². The molecule has 0 fully saturated rings. The van der Waals surface area contributed by atoms with Crippen molar-refractivity contribution in [2.75, 3.05) is 0 Å². The van der Waals surface area contributed by atoms with E-state index in [-0.39, 0.29) is 20.4 Å². The fourth-order valence-corrected chi connectivity index (χ4v) is 0. The summed E-state index contributed by atoms with van der Waals surface area (Å²) in [5.74, 6) is 0. The van der Waals surface area contributed by atoms with Crippen molar-refractivity contribution in [1.29, 1.82) is 0 Å². The molecule has 0 saturated heterocycles. The minimum Gasteiger partial charge on any atom is -0.328 e. The third-order valence-electron chi connectivity index (χ3n) is 0. The Labute approximate surface area is 41.6 Å². The van der Waals surface area contributed by atoms with Crippen LogP contribution in [-0.2, 0) is 20.4 Å². The molecule has 0 atom stereocenters. The van der Waals surface area contributed by atoms with Gasteiger partial charge in [-0.3, -0.25) is 0 Å². The Morgan fingerprint density at radius 3 is 1.80 bits per heavy atom. The minimum absolute atomic E-state index is 0. The fourth-order valence-electron chi connectivity index (χ4n) is 0. The maximum Gasteiger partial charge on any atom is 3.00 e. The predicted molar refractivity (Wildman–Crippen MR) is 8.78 cm³/mol. The zero-order valence-corrected chi connectivity index (χ0v) is 4.80. The van der Waals surface area contributed by atoms with Gasteiger partial charge in [0, 0.05) is 0 Å². The third-order valence-corrected chi connectivity index (χ3v) is 0. The summed E-state index contributed by atoms with van der Waals surface area (Å²) in [5, 5.41) is 13.6. The van der Waals surface area contributed by atoms with E-state index in [9.17, 15) is 0 Å². The Balaban J connectivity index is 0. The zero-order valence-electron chi connectivity index (χ0n) is 2.09. The van der Waals surface area contributed by atoms with E-state index in [1.54, 1.807) is 0 Å². The summed E-state index contributed by atoms with van der Waals surface area (Å²) in [6.07, 6.45) is 0. The molecular weight excluding hydrogens is 248 g/mol. The molecule has 5 heavy (non-hydrogen) atoms. The Hall–Kier alpha value is -0.138. The second kappa shape index (κ2) is 3.86. The van der Waals surface area contributed by atoms with Gasteiger partial charge in [0.1, 0.15) is 0 Å². The van der Waals surface area contributed by atoms with Gasteiger partial charge in [0.15, 0.2) is 0 Å². The molecule has 0 saturated carbocycles. The van der Waals surface area contributed by atoms with Crippen LogP contribution in [0.1, 0.15) is 0 Å². The molecule has 0 spiro atoms. The van der Waals surface area contributed by atoms with Crippen molar-refractivity contribution >= 4 is 0 Å². The summed E-state index contributed by atoms with van der Waals surface area (Å²) in [5.41, 5.74) is 0. The van der Waals surface area contributed by atoms with Crippen molar-refractivity contribution < 1.29 is 30.7 Å². The van der Waals surface area contributed by atoms with Crippen LogP contribution in [0.4, 0.5) is 0 Å². The van der Waals surface area contributed by atoms with Crippen LogP contribution in [0.15, 0.2) is 0 Å². The standard InChI is InChI=1S/HNO3.Re/c2-1(3)4;/h(H,2,3,4);/q;+3. The second-order valence-corrected chi connectivity index (χ2v) is 0.238. The van der Waals surface area contributed by atoms with E-state index < -0.39 is 5.09 Å². The maximum atomic E-state index is 8.36. The summed E-state index contributed by atoms with van der Waals surface area (Å²) in [4.78, 5) is 8.36. The fraction of sp³-hybridized carbons (Fsp3) is 0. The molecule has 4 nitrogen and oxygen atoms in total. The molecule has 0 heterocycles. The molecule has 0 radical (unpaired) electrons. The van der Waals surface area contributed by atoms with Gasteiger partial charge in [0.05, 0.1) is 0 Å². The van der Waals surface area contributed by atoms with E-state index in [0.717, 1.165) is 0 Å². The molecule has 5 heteroatoms. The van der Waals surface area contributed by atoms with Gasteiger partial charge in [-0.1, -0.05) is 0 Å². The summed E-state index contributed by atoms with van der Waals surface area (Å²) in [6.45, 7) is 0. The summed E-state index contributed by atoms with van der Waals surface area (Å²) in [6, 6.07) is 0. The normalized spacial score (nSPS) is 4.80. The predicted octanol–water partition coefficient (Wildman–Crippen LogP) is -0.350. The van der Waals surface area contributed by atoms with Gasteiger partial charge in [-0.05, 0) is 0 Å². The van der Waals surface area contributed by atoms with Crippen molar-refractivity contribution in [3.05, 3.63) is 10.1 Å². The number of hydrogen-bond donors (Lipinski definition) is 1. The zero-order chi connectivity index (χ0) is 3.58. The number of nitrogens with zero attached hydrogens (tertiary/aromatic N) is 1. The first-order valence-electron chi connectivity index (χ1n) is 0.565. The Kier molecular flexibility index (Phi) is 6.84. The van der Waals surface area contributed by atoms with Gasteiger partial charge in [-0.2, -0.15) is 0 Å². The molecule has 1 N–H and O–H groups in total. The SMILES string of the molecule is O=[N+]([O-])O.[Re+3]. The van der Waals surface area contributed by atoms with Crippen LogP contribution < -0.4 is 0 Å². The molecule has 0 amide bonds. The number of rotatable bonds is 0. The van der Waals surface area contributed by atoms with Crippen LogP contribution >= 0.6 is 0 Å². The largest absolute Gasteiger partial charge is 3.00 e. The summed E-state index contributed by atoms with van der Waals surface area (Å²) >= 11 is 0. The summed E-state index contributed by atoms with van der Waals surface area (Å²) < 4.78 is 0. The molecular formula is HNO3Re+3. The van der Waals surface area contributed by atoms with Crippen LogP contribution in [-0.4, -0.2) is 10.3 Å². The molecule has 0 unspecified atom stereocenters. The Bertz CT molecular complexity index is 29.9. The van der Waals surface area contributed by atoms with Crippen LogP contribution in [0.25, 0.3) is 0 Å². The van der Waals surface area contributed by atoms with Crippen LogP contribution in [0, 0.1) is 10.1 Å². The monoisotopic (exact) mass is 250 g/mol. The van der Waals surface area contributed by atoms with E-state index in [0.29, 0.717) is 0 Å². The van der Waals surface area contributed by atoms with Crippen LogP contribution in [0.5, 0.6) is 0 Å². The molecule has 0 aromatic rings. The molecule has 0 bridgehead atoms. The Morgan fingerprint density at radius 2 is 1.80 bits per heavy atom. The molecule has 0 aliphatic carbocycles. The van der Waals surface area contributed by atoms with Crippen molar-refractivity contribution in [2.24, 2.45) is 0 Å². The molecule has 0 rings (SSSR count). The molecule has 0 aromatic carbocycles. The van der Waals surface area contributed by atoms with Crippen molar-refractivity contribution in [3.63, 3.8) is 0 Å². The third kappa shape index (κ3) is 707. The maximum absolute atomic E-state index is 8.36. The van der Waals surface area contributed by atoms with Gasteiger partial charge in [0.25, 0.3) is 5.09 Å². The van der Waals surface area contributed by atoms with Crippen molar-refractivity contribution in [3.8, 4) is 0 Å². The first-order chi connectivity index (χ1) is 1.73. The van der Waals surface area contributed by atoms with Gasteiger partial charge >= 0.3 is 20.4 Å². The second-order valence-electron chi connectivity index (χ2n) is 0.238. The molecule has 28 valence electrons.